The van der Waals surface area contributed by atoms with Crippen LogP contribution in [0.25, 0.3) is 0 Å². The molecule has 0 amide bonds. The Kier molecular flexibility index (Phi) is 2.67. The molecule has 0 spiro atoms. The number of hydrogen-bond donors (Lipinski definition) is 1. The molecule has 0 aromatic heterocycles. The summed E-state index contributed by atoms with van der Waals surface area (Å²) >= 11 is 0. The van der Waals surface area contributed by atoms with Crippen molar-refractivity contribution in [3.05, 3.63) is 0 Å². The smallest absolute Gasteiger partial charge is 0.312 e. The lowest BCUT2D eigenvalue weighted by molar-refractivity contribution is -0.152. The lowest BCUT2D eigenvalue weighted by Crippen LogP contribution is -2.37. The van der Waals surface area contributed by atoms with E-state index < -0.39 is 18.1 Å². The van der Waals surface area contributed by atoms with Crippen molar-refractivity contribution >= 4 is 5.97 Å². The zero-order valence-electron chi connectivity index (χ0n) is 7.05. The van der Waals surface area contributed by atoms with Crippen LogP contribution in [-0.2, 0) is 9.53 Å². The highest BCUT2D eigenvalue weighted by molar-refractivity contribution is 5.75. The number of rotatable bonds is 3. The largest absolute Gasteiger partial charge is 0.481 e. The van der Waals surface area contributed by atoms with Crippen LogP contribution in [0, 0.1) is 5.41 Å². The van der Waals surface area contributed by atoms with Crippen molar-refractivity contribution in [2.45, 2.75) is 25.9 Å². The SMILES string of the molecule is CC1OCCC1(CCF)C(=O)O. The molecule has 2 unspecified atom stereocenters. The second kappa shape index (κ2) is 3.39. The Morgan fingerprint density at radius 3 is 2.83 bits per heavy atom. The number of carboxylic acids is 1. The fraction of sp³-hybridized carbons (Fsp3) is 0.875. The Balaban J connectivity index is 2.77. The van der Waals surface area contributed by atoms with Crippen molar-refractivity contribution in [2.75, 3.05) is 13.3 Å². The predicted octanol–water partition coefficient (Wildman–Crippen LogP) is 1.23. The summed E-state index contributed by atoms with van der Waals surface area (Å²) in [5.41, 5.74) is -0.977. The standard InChI is InChI=1S/C8H13FO3/c1-6-8(2-4-9,7(10)11)3-5-12-6/h6H,2-5H2,1H3,(H,10,11). The molecule has 1 rings (SSSR count). The van der Waals surface area contributed by atoms with Gasteiger partial charge in [0.05, 0.1) is 18.2 Å². The summed E-state index contributed by atoms with van der Waals surface area (Å²) < 4.78 is 17.2. The molecule has 0 aromatic carbocycles. The van der Waals surface area contributed by atoms with Gasteiger partial charge in [0, 0.05) is 6.61 Å². The molecule has 1 heterocycles. The summed E-state index contributed by atoms with van der Waals surface area (Å²) in [6.45, 7) is 1.52. The monoisotopic (exact) mass is 176 g/mol. The van der Waals surface area contributed by atoms with Crippen LogP contribution in [0.15, 0.2) is 0 Å². The van der Waals surface area contributed by atoms with E-state index in [1.54, 1.807) is 6.92 Å². The summed E-state index contributed by atoms with van der Waals surface area (Å²) in [6, 6.07) is 0. The van der Waals surface area contributed by atoms with Crippen molar-refractivity contribution in [3.63, 3.8) is 0 Å². The van der Waals surface area contributed by atoms with Crippen molar-refractivity contribution < 1.29 is 19.0 Å². The molecule has 0 aromatic rings. The van der Waals surface area contributed by atoms with Gasteiger partial charge in [-0.25, -0.2) is 0 Å². The minimum Gasteiger partial charge on any atom is -0.481 e. The quantitative estimate of drug-likeness (QED) is 0.703. The summed E-state index contributed by atoms with van der Waals surface area (Å²) in [6.07, 6.45) is 0.113. The molecule has 2 atom stereocenters. The van der Waals surface area contributed by atoms with Gasteiger partial charge in [0.1, 0.15) is 0 Å². The average molecular weight is 176 g/mol. The van der Waals surface area contributed by atoms with E-state index >= 15 is 0 Å². The molecule has 0 bridgehead atoms. The molecular weight excluding hydrogens is 163 g/mol. The Morgan fingerprint density at radius 1 is 1.83 bits per heavy atom. The van der Waals surface area contributed by atoms with E-state index in [4.69, 9.17) is 9.84 Å². The van der Waals surface area contributed by atoms with Crippen molar-refractivity contribution in [2.24, 2.45) is 5.41 Å². The summed E-state index contributed by atoms with van der Waals surface area (Å²) in [4.78, 5) is 10.9. The molecule has 1 saturated heterocycles. The first-order valence-electron chi connectivity index (χ1n) is 4.04. The third kappa shape index (κ3) is 1.31. The molecule has 4 heteroatoms. The number of aliphatic carboxylic acids is 1. The second-order valence-electron chi connectivity index (χ2n) is 3.16. The van der Waals surface area contributed by atoms with E-state index in [1.807, 2.05) is 0 Å². The van der Waals surface area contributed by atoms with Crippen molar-refractivity contribution in [1.29, 1.82) is 0 Å². The van der Waals surface area contributed by atoms with Gasteiger partial charge in [-0.05, 0) is 19.8 Å². The number of carboxylic acid groups (broad SMARTS) is 1. The second-order valence-corrected chi connectivity index (χ2v) is 3.16. The summed E-state index contributed by atoms with van der Waals surface area (Å²) in [5, 5.41) is 8.92. The molecule has 70 valence electrons. The third-order valence-corrected chi connectivity index (χ3v) is 2.66. The van der Waals surface area contributed by atoms with Gasteiger partial charge in [-0.15, -0.1) is 0 Å². The maximum atomic E-state index is 12.1. The number of hydrogen-bond acceptors (Lipinski definition) is 2. The van der Waals surface area contributed by atoms with Gasteiger partial charge < -0.3 is 9.84 Å². The van der Waals surface area contributed by atoms with Crippen molar-refractivity contribution in [1.82, 2.24) is 0 Å². The highest BCUT2D eigenvalue weighted by Gasteiger charge is 2.47. The van der Waals surface area contributed by atoms with Crippen LogP contribution in [0.2, 0.25) is 0 Å². The van der Waals surface area contributed by atoms with E-state index in [0.717, 1.165) is 0 Å². The number of alkyl halides is 1. The first-order chi connectivity index (χ1) is 5.63. The van der Waals surface area contributed by atoms with Crippen molar-refractivity contribution in [3.8, 4) is 0 Å². The normalized spacial score (nSPS) is 35.3. The highest BCUT2D eigenvalue weighted by Crippen LogP contribution is 2.38. The number of carbonyl (C=O) groups is 1. The third-order valence-electron chi connectivity index (χ3n) is 2.66. The molecule has 1 fully saturated rings. The van der Waals surface area contributed by atoms with Crippen LogP contribution in [0.4, 0.5) is 4.39 Å². The topological polar surface area (TPSA) is 46.5 Å². The van der Waals surface area contributed by atoms with E-state index in [9.17, 15) is 9.18 Å². The Bertz CT molecular complexity index is 183. The van der Waals surface area contributed by atoms with Gasteiger partial charge in [0.25, 0.3) is 0 Å². The Morgan fingerprint density at radius 2 is 2.50 bits per heavy atom. The van der Waals surface area contributed by atoms with E-state index in [2.05, 4.69) is 0 Å². The van der Waals surface area contributed by atoms with Crippen LogP contribution >= 0.6 is 0 Å². The molecule has 1 aliphatic rings. The lowest BCUT2D eigenvalue weighted by atomic mass is 9.79. The summed E-state index contributed by atoms with van der Waals surface area (Å²) in [5.74, 6) is -0.940. The van der Waals surface area contributed by atoms with Crippen LogP contribution in [0.3, 0.4) is 0 Å². The van der Waals surface area contributed by atoms with Gasteiger partial charge in [-0.3, -0.25) is 9.18 Å². The molecule has 12 heavy (non-hydrogen) atoms. The predicted molar refractivity (Wildman–Crippen MR) is 40.7 cm³/mol. The molecule has 0 radical (unpaired) electrons. The summed E-state index contributed by atoms with van der Waals surface area (Å²) in [7, 11) is 0. The van der Waals surface area contributed by atoms with E-state index in [1.165, 1.54) is 0 Å². The van der Waals surface area contributed by atoms with Gasteiger partial charge in [-0.2, -0.15) is 0 Å². The van der Waals surface area contributed by atoms with E-state index in [0.29, 0.717) is 13.0 Å². The Hall–Kier alpha value is -0.640. The lowest BCUT2D eigenvalue weighted by Gasteiger charge is -2.25. The van der Waals surface area contributed by atoms with E-state index in [-0.39, 0.29) is 12.5 Å². The number of halogens is 1. The average Bonchev–Trinajstić information content (AvgIpc) is 2.34. The maximum absolute atomic E-state index is 12.1. The highest BCUT2D eigenvalue weighted by atomic mass is 19.1. The van der Waals surface area contributed by atoms with Crippen LogP contribution in [0.1, 0.15) is 19.8 Å². The Labute approximate surface area is 70.5 Å². The zero-order valence-corrected chi connectivity index (χ0v) is 7.05. The fourth-order valence-corrected chi connectivity index (χ4v) is 1.67. The minimum absolute atomic E-state index is 0.0590. The first-order valence-corrected chi connectivity index (χ1v) is 4.04. The van der Waals surface area contributed by atoms with Gasteiger partial charge >= 0.3 is 5.97 Å². The van der Waals surface area contributed by atoms with Crippen LogP contribution < -0.4 is 0 Å². The fourth-order valence-electron chi connectivity index (χ4n) is 1.67. The molecular formula is C8H13FO3. The zero-order chi connectivity index (χ0) is 9.19. The van der Waals surface area contributed by atoms with Gasteiger partial charge in [0.15, 0.2) is 0 Å². The molecule has 0 aliphatic carbocycles. The van der Waals surface area contributed by atoms with Crippen LogP contribution in [-0.4, -0.2) is 30.5 Å². The maximum Gasteiger partial charge on any atom is 0.312 e. The van der Waals surface area contributed by atoms with Gasteiger partial charge in [-0.1, -0.05) is 0 Å². The number of ether oxygens (including phenoxy) is 1. The molecule has 0 saturated carbocycles. The molecule has 1 aliphatic heterocycles. The minimum atomic E-state index is -0.977. The first kappa shape index (κ1) is 9.45. The van der Waals surface area contributed by atoms with Gasteiger partial charge in [0.2, 0.25) is 0 Å². The molecule has 1 N–H and O–H groups in total. The molecule has 3 nitrogen and oxygen atoms in total. The van der Waals surface area contributed by atoms with Crippen LogP contribution in [0.5, 0.6) is 0 Å².